The predicted octanol–water partition coefficient (Wildman–Crippen LogP) is 1.70. The molecule has 130 valence electrons. The molecule has 0 amide bonds. The fourth-order valence-electron chi connectivity index (χ4n) is 2.89. The Labute approximate surface area is 140 Å². The fourth-order valence-corrected chi connectivity index (χ4v) is 2.89. The van der Waals surface area contributed by atoms with E-state index in [1.807, 2.05) is 23.1 Å². The van der Waals surface area contributed by atoms with Crippen molar-refractivity contribution in [3.05, 3.63) is 18.5 Å². The minimum atomic E-state index is 0.818. The topological polar surface area (TPSA) is 57.5 Å². The Kier molecular flexibility index (Phi) is 8.55. The van der Waals surface area contributed by atoms with Gasteiger partial charge >= 0.3 is 0 Å². The van der Waals surface area contributed by atoms with Crippen molar-refractivity contribution in [3.8, 4) is 0 Å². The summed E-state index contributed by atoms with van der Waals surface area (Å²) in [7, 11) is 0. The average Bonchev–Trinajstić information content (AvgIpc) is 2.94. The van der Waals surface area contributed by atoms with Crippen LogP contribution in [-0.4, -0.2) is 59.9 Å². The Hall–Kier alpha value is -1.56. The largest absolute Gasteiger partial charge is 0.357 e. The zero-order valence-electron chi connectivity index (χ0n) is 14.5. The lowest BCUT2D eigenvalue weighted by molar-refractivity contribution is 0.289. The van der Waals surface area contributed by atoms with Crippen molar-refractivity contribution in [2.45, 2.75) is 45.6 Å². The average molecular weight is 320 g/mol. The summed E-state index contributed by atoms with van der Waals surface area (Å²) in [5.74, 6) is 0.933. The van der Waals surface area contributed by atoms with Crippen LogP contribution in [0.2, 0.25) is 0 Å². The molecule has 23 heavy (non-hydrogen) atoms. The molecule has 0 unspecified atom stereocenters. The normalized spacial score (nSPS) is 17.0. The van der Waals surface area contributed by atoms with Crippen LogP contribution in [0.15, 0.2) is 23.5 Å². The van der Waals surface area contributed by atoms with Gasteiger partial charge in [-0.05, 0) is 45.3 Å². The second-order valence-electron chi connectivity index (χ2n) is 6.07. The van der Waals surface area contributed by atoms with Gasteiger partial charge in [-0.15, -0.1) is 0 Å². The van der Waals surface area contributed by atoms with Gasteiger partial charge in [0, 0.05) is 45.1 Å². The number of rotatable bonds is 8. The summed E-state index contributed by atoms with van der Waals surface area (Å²) in [6, 6.07) is 1.96. The molecule has 0 aliphatic carbocycles. The van der Waals surface area contributed by atoms with E-state index < -0.39 is 0 Å². The Morgan fingerprint density at radius 3 is 2.65 bits per heavy atom. The molecule has 0 aromatic carbocycles. The van der Waals surface area contributed by atoms with Crippen LogP contribution in [0.5, 0.6) is 0 Å². The molecule has 2 N–H and O–H groups in total. The highest BCUT2D eigenvalue weighted by Gasteiger charge is 2.08. The molecular formula is C17H32N6. The molecular weight excluding hydrogens is 288 g/mol. The molecule has 0 bridgehead atoms. The highest BCUT2D eigenvalue weighted by molar-refractivity contribution is 5.79. The maximum atomic E-state index is 4.65. The zero-order valence-corrected chi connectivity index (χ0v) is 14.5. The molecule has 1 saturated heterocycles. The van der Waals surface area contributed by atoms with Gasteiger partial charge in [0.2, 0.25) is 0 Å². The summed E-state index contributed by atoms with van der Waals surface area (Å²) in [6.07, 6.45) is 10.3. The molecule has 6 nitrogen and oxygen atoms in total. The Morgan fingerprint density at radius 1 is 1.13 bits per heavy atom. The fraction of sp³-hybridized carbons (Fsp3) is 0.765. The molecule has 1 fully saturated rings. The molecule has 2 rings (SSSR count). The third-order valence-corrected chi connectivity index (χ3v) is 4.14. The summed E-state index contributed by atoms with van der Waals surface area (Å²) in [5, 5.41) is 11.0. The van der Waals surface area contributed by atoms with Crippen LogP contribution in [0.4, 0.5) is 0 Å². The Balaban J connectivity index is 1.64. The first-order valence-corrected chi connectivity index (χ1v) is 9.10. The number of aliphatic imine (C=N–C) groups is 1. The van der Waals surface area contributed by atoms with Gasteiger partial charge in [-0.25, -0.2) is 0 Å². The molecule has 2 heterocycles. The van der Waals surface area contributed by atoms with E-state index in [4.69, 9.17) is 0 Å². The van der Waals surface area contributed by atoms with Crippen molar-refractivity contribution in [1.29, 1.82) is 0 Å². The predicted molar refractivity (Wildman–Crippen MR) is 95.7 cm³/mol. The molecule has 1 aromatic heterocycles. The molecule has 1 aliphatic rings. The number of aryl methyl sites for hydroxylation is 1. The third-order valence-electron chi connectivity index (χ3n) is 4.14. The lowest BCUT2D eigenvalue weighted by Crippen LogP contribution is -2.42. The van der Waals surface area contributed by atoms with Crippen molar-refractivity contribution >= 4 is 5.96 Å². The zero-order chi connectivity index (χ0) is 16.2. The van der Waals surface area contributed by atoms with Crippen molar-refractivity contribution < 1.29 is 0 Å². The van der Waals surface area contributed by atoms with E-state index in [9.17, 15) is 0 Å². The molecule has 1 aromatic rings. The molecule has 0 spiro atoms. The highest BCUT2D eigenvalue weighted by atomic mass is 15.3. The smallest absolute Gasteiger partial charge is 0.191 e. The van der Waals surface area contributed by atoms with E-state index >= 15 is 0 Å². The van der Waals surface area contributed by atoms with Crippen LogP contribution in [0, 0.1) is 0 Å². The number of hydrogen-bond acceptors (Lipinski definition) is 3. The van der Waals surface area contributed by atoms with E-state index in [0.717, 1.165) is 45.1 Å². The number of aromatic nitrogens is 2. The van der Waals surface area contributed by atoms with Crippen LogP contribution >= 0.6 is 0 Å². The minimum absolute atomic E-state index is 0.818. The van der Waals surface area contributed by atoms with Crippen LogP contribution in [-0.2, 0) is 6.54 Å². The molecule has 0 saturated carbocycles. The molecule has 6 heteroatoms. The van der Waals surface area contributed by atoms with Gasteiger partial charge in [-0.2, -0.15) is 5.10 Å². The lowest BCUT2D eigenvalue weighted by atomic mass is 10.2. The quantitative estimate of drug-likeness (QED) is 0.435. The summed E-state index contributed by atoms with van der Waals surface area (Å²) >= 11 is 0. The van der Waals surface area contributed by atoms with Gasteiger partial charge in [0.1, 0.15) is 0 Å². The Morgan fingerprint density at radius 2 is 1.96 bits per heavy atom. The maximum Gasteiger partial charge on any atom is 0.191 e. The summed E-state index contributed by atoms with van der Waals surface area (Å²) in [6.45, 7) is 9.31. The summed E-state index contributed by atoms with van der Waals surface area (Å²) < 4.78 is 1.95. The first-order chi connectivity index (χ1) is 11.4. The number of hydrogen-bond donors (Lipinski definition) is 2. The van der Waals surface area contributed by atoms with Gasteiger partial charge in [0.15, 0.2) is 5.96 Å². The SMILES string of the molecule is CCNC(=NCCCn1cccn1)NCCN1CCCCCC1. The van der Waals surface area contributed by atoms with E-state index in [0.29, 0.717) is 0 Å². The van der Waals surface area contributed by atoms with Crippen molar-refractivity contribution in [2.24, 2.45) is 4.99 Å². The first-order valence-electron chi connectivity index (χ1n) is 9.10. The van der Waals surface area contributed by atoms with Gasteiger partial charge in [-0.3, -0.25) is 9.67 Å². The second kappa shape index (κ2) is 11.0. The van der Waals surface area contributed by atoms with Gasteiger partial charge < -0.3 is 15.5 Å². The second-order valence-corrected chi connectivity index (χ2v) is 6.07. The van der Waals surface area contributed by atoms with Gasteiger partial charge in [-0.1, -0.05) is 12.8 Å². The standard InChI is InChI=1S/C17H32N6/c1-2-18-17(19-9-7-14-23-15-8-10-21-23)20-11-16-22-12-5-3-4-6-13-22/h8,10,15H,2-7,9,11-14,16H2,1H3,(H2,18,19,20). The van der Waals surface area contributed by atoms with E-state index in [1.54, 1.807) is 0 Å². The van der Waals surface area contributed by atoms with Crippen LogP contribution < -0.4 is 10.6 Å². The first kappa shape index (κ1) is 17.8. The van der Waals surface area contributed by atoms with Gasteiger partial charge in [0.25, 0.3) is 0 Å². The van der Waals surface area contributed by atoms with E-state index in [-0.39, 0.29) is 0 Å². The summed E-state index contributed by atoms with van der Waals surface area (Å²) in [4.78, 5) is 7.22. The van der Waals surface area contributed by atoms with Crippen molar-refractivity contribution in [1.82, 2.24) is 25.3 Å². The lowest BCUT2D eigenvalue weighted by Gasteiger charge is -2.20. The van der Waals surface area contributed by atoms with Crippen molar-refractivity contribution in [3.63, 3.8) is 0 Å². The maximum absolute atomic E-state index is 4.65. The highest BCUT2D eigenvalue weighted by Crippen LogP contribution is 2.08. The van der Waals surface area contributed by atoms with Crippen molar-refractivity contribution in [2.75, 3.05) is 39.3 Å². The van der Waals surface area contributed by atoms with Crippen LogP contribution in [0.25, 0.3) is 0 Å². The minimum Gasteiger partial charge on any atom is -0.357 e. The number of guanidine groups is 1. The number of nitrogens with zero attached hydrogens (tertiary/aromatic N) is 4. The van der Waals surface area contributed by atoms with Crippen LogP contribution in [0.3, 0.4) is 0 Å². The number of likely N-dealkylation sites (tertiary alicyclic amines) is 1. The molecule has 0 atom stereocenters. The molecule has 0 radical (unpaired) electrons. The molecule has 1 aliphatic heterocycles. The number of nitrogens with one attached hydrogen (secondary N) is 2. The third kappa shape index (κ3) is 7.50. The van der Waals surface area contributed by atoms with E-state index in [1.165, 1.54) is 38.8 Å². The van der Waals surface area contributed by atoms with Gasteiger partial charge in [0.05, 0.1) is 0 Å². The van der Waals surface area contributed by atoms with Crippen LogP contribution in [0.1, 0.15) is 39.0 Å². The van der Waals surface area contributed by atoms with E-state index in [2.05, 4.69) is 32.5 Å². The summed E-state index contributed by atoms with van der Waals surface area (Å²) in [5.41, 5.74) is 0. The Bertz CT molecular complexity index is 420. The monoisotopic (exact) mass is 320 g/mol.